The molecule has 0 spiro atoms. The lowest BCUT2D eigenvalue weighted by atomic mass is 10.0. The molecular formula is C59H106NO7+. The summed E-state index contributed by atoms with van der Waals surface area (Å²) in [5.74, 6) is -1.51. The largest absolute Gasteiger partial charge is 0.477 e. The molecule has 0 aromatic carbocycles. The van der Waals surface area contributed by atoms with Crippen molar-refractivity contribution >= 4 is 17.9 Å². The van der Waals surface area contributed by atoms with Crippen LogP contribution >= 0.6 is 0 Å². The Morgan fingerprint density at radius 2 is 0.791 bits per heavy atom. The van der Waals surface area contributed by atoms with Gasteiger partial charge in [0, 0.05) is 19.3 Å². The molecular weight excluding hydrogens is 835 g/mol. The Morgan fingerprint density at radius 3 is 1.19 bits per heavy atom. The van der Waals surface area contributed by atoms with E-state index >= 15 is 0 Å². The number of rotatable bonds is 50. The Balaban J connectivity index is 4.26. The molecule has 0 heterocycles. The molecule has 388 valence electrons. The van der Waals surface area contributed by atoms with E-state index < -0.39 is 18.1 Å². The van der Waals surface area contributed by atoms with Crippen LogP contribution < -0.4 is 0 Å². The molecule has 2 atom stereocenters. The number of aliphatic carboxylic acids is 1. The van der Waals surface area contributed by atoms with Crippen molar-refractivity contribution in [1.82, 2.24) is 0 Å². The molecule has 0 aromatic heterocycles. The van der Waals surface area contributed by atoms with Gasteiger partial charge in [0.1, 0.15) is 6.61 Å². The van der Waals surface area contributed by atoms with Crippen LogP contribution in [-0.4, -0.2) is 80.6 Å². The van der Waals surface area contributed by atoms with Gasteiger partial charge in [-0.25, -0.2) is 4.79 Å². The number of carboxylic acids is 1. The number of nitrogens with zero attached hydrogens (tertiary/aromatic N) is 1. The lowest BCUT2D eigenvalue weighted by Crippen LogP contribution is -2.50. The topological polar surface area (TPSA) is 99.1 Å². The van der Waals surface area contributed by atoms with Crippen LogP contribution in [0.1, 0.15) is 245 Å². The lowest BCUT2D eigenvalue weighted by molar-refractivity contribution is -0.887. The van der Waals surface area contributed by atoms with E-state index in [4.69, 9.17) is 14.2 Å². The number of carboxylic acid groups (broad SMARTS) is 1. The van der Waals surface area contributed by atoms with Gasteiger partial charge in [0.2, 0.25) is 0 Å². The third-order valence-electron chi connectivity index (χ3n) is 12.4. The molecule has 67 heavy (non-hydrogen) atoms. The van der Waals surface area contributed by atoms with Gasteiger partial charge >= 0.3 is 17.9 Å². The maximum atomic E-state index is 12.8. The second-order valence-corrected chi connectivity index (χ2v) is 19.8. The molecule has 1 N–H and O–H groups in total. The lowest BCUT2D eigenvalue weighted by Gasteiger charge is -2.31. The van der Waals surface area contributed by atoms with Crippen LogP contribution in [0, 0.1) is 0 Å². The molecule has 0 amide bonds. The van der Waals surface area contributed by atoms with Gasteiger partial charge in [-0.2, -0.15) is 0 Å². The number of esters is 2. The van der Waals surface area contributed by atoms with E-state index in [1.807, 2.05) is 21.1 Å². The molecule has 0 aliphatic rings. The van der Waals surface area contributed by atoms with E-state index in [0.29, 0.717) is 19.3 Å². The number of hydrogen-bond donors (Lipinski definition) is 1. The number of carbonyl (C=O) groups is 3. The molecule has 0 aromatic rings. The molecule has 8 heteroatoms. The van der Waals surface area contributed by atoms with Gasteiger partial charge in [0.15, 0.2) is 12.1 Å². The highest BCUT2D eigenvalue weighted by Gasteiger charge is 2.31. The SMILES string of the molecule is CCCCC/C=C/C/C=C/C/C=C/C/C=C/C/C=C/CCCCC(=O)OCC(COCCC(C(=O)O)[N+](C)(C)C)OC(=O)CCCCCCCCCCCCCCCCCCCCCCCC. The molecule has 0 aliphatic heterocycles. The van der Waals surface area contributed by atoms with Crippen LogP contribution in [0.25, 0.3) is 0 Å². The number of ether oxygens (including phenoxy) is 3. The number of allylic oxidation sites excluding steroid dienone is 10. The Morgan fingerprint density at radius 1 is 0.448 bits per heavy atom. The molecule has 0 radical (unpaired) electrons. The van der Waals surface area contributed by atoms with E-state index in [9.17, 15) is 19.5 Å². The number of carbonyl (C=O) groups excluding carboxylic acids is 2. The Hall–Kier alpha value is -2.97. The summed E-state index contributed by atoms with van der Waals surface area (Å²) < 4.78 is 17.4. The second kappa shape index (κ2) is 49.5. The molecule has 0 bridgehead atoms. The fourth-order valence-electron chi connectivity index (χ4n) is 8.11. The van der Waals surface area contributed by atoms with E-state index in [1.165, 1.54) is 148 Å². The Bertz CT molecular complexity index is 1280. The maximum absolute atomic E-state index is 12.8. The first-order chi connectivity index (χ1) is 32.6. The van der Waals surface area contributed by atoms with Crippen molar-refractivity contribution in [2.75, 3.05) is 41.0 Å². The molecule has 2 unspecified atom stereocenters. The van der Waals surface area contributed by atoms with Crippen LogP contribution in [0.5, 0.6) is 0 Å². The van der Waals surface area contributed by atoms with Crippen LogP contribution in [-0.2, 0) is 28.6 Å². The Labute approximate surface area is 413 Å². The smallest absolute Gasteiger partial charge is 0.362 e. The van der Waals surface area contributed by atoms with Crippen LogP contribution in [0.4, 0.5) is 0 Å². The van der Waals surface area contributed by atoms with Crippen molar-refractivity contribution in [3.63, 3.8) is 0 Å². The fraction of sp³-hybridized carbons (Fsp3) is 0.780. The predicted molar refractivity (Wildman–Crippen MR) is 284 cm³/mol. The summed E-state index contributed by atoms with van der Waals surface area (Å²) in [4.78, 5) is 37.2. The third kappa shape index (κ3) is 47.9. The first kappa shape index (κ1) is 64.0. The van der Waals surface area contributed by atoms with E-state index in [0.717, 1.165) is 64.2 Å². The standard InChI is InChI=1S/C59H105NO7/c1-6-8-10-12-14-16-18-20-22-24-26-28-30-32-34-36-38-40-42-44-46-48-50-58(62)67-55(53-65-52-51-56(59(63)64)60(3,4)5)54-66-57(61)49-47-45-43-41-39-37-35-33-31-29-27-25-23-21-19-17-15-13-11-9-7-2/h15,17,21,23,27,29,33,35,39,41,55-56H,6-14,16,18-20,22,24-26,28,30-32,34,36-38,40,42-54H2,1-5H3/p+1/b17-15+,23-21+,29-27+,35-33+,41-39+. The minimum atomic E-state index is -0.879. The van der Waals surface area contributed by atoms with Gasteiger partial charge < -0.3 is 23.8 Å². The molecule has 0 saturated carbocycles. The van der Waals surface area contributed by atoms with Crippen molar-refractivity contribution in [3.8, 4) is 0 Å². The van der Waals surface area contributed by atoms with E-state index in [1.54, 1.807) is 0 Å². The highest BCUT2D eigenvalue weighted by Crippen LogP contribution is 2.16. The zero-order valence-electron chi connectivity index (χ0n) is 44.3. The highest BCUT2D eigenvalue weighted by molar-refractivity contribution is 5.72. The third-order valence-corrected chi connectivity index (χ3v) is 12.4. The minimum absolute atomic E-state index is 0.0477. The van der Waals surface area contributed by atoms with Gasteiger partial charge in [-0.1, -0.05) is 222 Å². The van der Waals surface area contributed by atoms with Crippen molar-refractivity contribution in [3.05, 3.63) is 60.8 Å². The van der Waals surface area contributed by atoms with Gasteiger partial charge in [-0.3, -0.25) is 9.59 Å². The minimum Gasteiger partial charge on any atom is -0.477 e. The zero-order valence-corrected chi connectivity index (χ0v) is 44.3. The summed E-state index contributed by atoms with van der Waals surface area (Å²) in [7, 11) is 5.53. The first-order valence-electron chi connectivity index (χ1n) is 27.8. The van der Waals surface area contributed by atoms with Crippen molar-refractivity contribution in [2.24, 2.45) is 0 Å². The number of hydrogen-bond acceptors (Lipinski definition) is 6. The molecule has 0 fully saturated rings. The average Bonchev–Trinajstić information content (AvgIpc) is 3.29. The predicted octanol–water partition coefficient (Wildman–Crippen LogP) is 16.5. The molecule has 0 aliphatic carbocycles. The zero-order chi connectivity index (χ0) is 49.2. The van der Waals surface area contributed by atoms with Crippen LogP contribution in [0.3, 0.4) is 0 Å². The van der Waals surface area contributed by atoms with E-state index in [-0.39, 0.29) is 36.2 Å². The Kier molecular flexibility index (Phi) is 47.3. The molecule has 0 rings (SSSR count). The summed E-state index contributed by atoms with van der Waals surface area (Å²) in [6.45, 7) is 4.70. The average molecular weight is 941 g/mol. The maximum Gasteiger partial charge on any atom is 0.362 e. The number of likely N-dealkylation sites (N-methyl/N-ethyl adjacent to an activating group) is 1. The van der Waals surface area contributed by atoms with Crippen molar-refractivity contribution < 1.29 is 38.2 Å². The quantitative estimate of drug-likeness (QED) is 0.0281. The molecule has 0 saturated heterocycles. The number of unbranched alkanes of at least 4 members (excludes halogenated alkanes) is 26. The summed E-state index contributed by atoms with van der Waals surface area (Å²) in [5.41, 5.74) is 0. The van der Waals surface area contributed by atoms with Gasteiger partial charge in [0.25, 0.3) is 0 Å². The fourth-order valence-corrected chi connectivity index (χ4v) is 8.11. The van der Waals surface area contributed by atoms with Gasteiger partial charge in [-0.15, -0.1) is 0 Å². The normalized spacial score (nSPS) is 13.3. The van der Waals surface area contributed by atoms with E-state index in [2.05, 4.69) is 74.6 Å². The van der Waals surface area contributed by atoms with Gasteiger partial charge in [0.05, 0.1) is 34.4 Å². The summed E-state index contributed by atoms with van der Waals surface area (Å²) in [5, 5.41) is 9.67. The summed E-state index contributed by atoms with van der Waals surface area (Å²) in [6.07, 6.45) is 62.8. The van der Waals surface area contributed by atoms with Gasteiger partial charge in [-0.05, 0) is 64.2 Å². The van der Waals surface area contributed by atoms with Crippen LogP contribution in [0.15, 0.2) is 60.8 Å². The van der Waals surface area contributed by atoms with Crippen molar-refractivity contribution in [1.29, 1.82) is 0 Å². The first-order valence-corrected chi connectivity index (χ1v) is 27.8. The van der Waals surface area contributed by atoms with Crippen molar-refractivity contribution in [2.45, 2.75) is 257 Å². The summed E-state index contributed by atoms with van der Waals surface area (Å²) in [6, 6.07) is -0.623. The number of quaternary nitrogens is 1. The second-order valence-electron chi connectivity index (χ2n) is 19.8. The monoisotopic (exact) mass is 941 g/mol. The van der Waals surface area contributed by atoms with Crippen LogP contribution in [0.2, 0.25) is 0 Å². The molecule has 8 nitrogen and oxygen atoms in total. The summed E-state index contributed by atoms with van der Waals surface area (Å²) >= 11 is 0. The highest BCUT2D eigenvalue weighted by atomic mass is 16.6.